The third kappa shape index (κ3) is 3.83. The van der Waals surface area contributed by atoms with Crippen LogP contribution in [0.25, 0.3) is 10.9 Å². The Morgan fingerprint density at radius 2 is 1.75 bits per heavy atom. The molecule has 0 fully saturated rings. The van der Waals surface area contributed by atoms with Crippen molar-refractivity contribution >= 4 is 33.8 Å². The summed E-state index contributed by atoms with van der Waals surface area (Å²) in [7, 11) is 0. The lowest BCUT2D eigenvalue weighted by Crippen LogP contribution is -2.08. The number of para-hydroxylation sites is 1. The number of hydrogen-bond acceptors (Lipinski definition) is 3. The van der Waals surface area contributed by atoms with Gasteiger partial charge < -0.3 is 4.74 Å². The van der Waals surface area contributed by atoms with Crippen LogP contribution in [0.2, 0.25) is 5.15 Å². The number of pyridine rings is 1. The first-order chi connectivity index (χ1) is 13.5. The molecule has 0 spiro atoms. The fourth-order valence-corrected chi connectivity index (χ4v) is 4.70. The lowest BCUT2D eigenvalue weighted by molar-refractivity contribution is 0.0683. The second kappa shape index (κ2) is 8.04. The van der Waals surface area contributed by atoms with Crippen molar-refractivity contribution in [3.8, 4) is 0 Å². The second-order valence-electron chi connectivity index (χ2n) is 7.14. The molecule has 2 aromatic carbocycles. The maximum atomic E-state index is 6.59. The van der Waals surface area contributed by atoms with Gasteiger partial charge in [-0.3, -0.25) is 0 Å². The second-order valence-corrected chi connectivity index (χ2v) is 8.48. The summed E-state index contributed by atoms with van der Waals surface area (Å²) in [6, 6.07) is 18.7. The smallest absolute Gasteiger partial charge is 0.135 e. The Hall–Kier alpha value is -2.20. The molecule has 2 nitrogen and oxygen atoms in total. The third-order valence-corrected chi connectivity index (χ3v) is 6.24. The molecule has 4 heteroatoms. The fourth-order valence-electron chi connectivity index (χ4n) is 3.66. The minimum Gasteiger partial charge on any atom is -0.363 e. The number of aryl methyl sites for hydroxylation is 3. The van der Waals surface area contributed by atoms with Gasteiger partial charge in [0.05, 0.1) is 12.1 Å². The predicted octanol–water partition coefficient (Wildman–Crippen LogP) is 7.18. The van der Waals surface area contributed by atoms with Crippen molar-refractivity contribution in [2.24, 2.45) is 0 Å². The molecule has 0 saturated carbocycles. The summed E-state index contributed by atoms with van der Waals surface area (Å²) < 4.78 is 6.48. The van der Waals surface area contributed by atoms with E-state index in [-0.39, 0.29) is 6.10 Å². The summed E-state index contributed by atoms with van der Waals surface area (Å²) in [5.41, 5.74) is 6.82. The van der Waals surface area contributed by atoms with Gasteiger partial charge in [0, 0.05) is 15.8 Å². The molecule has 4 rings (SSSR count). The van der Waals surface area contributed by atoms with E-state index < -0.39 is 0 Å². The van der Waals surface area contributed by atoms with Crippen molar-refractivity contribution in [3.05, 3.63) is 97.8 Å². The van der Waals surface area contributed by atoms with E-state index in [4.69, 9.17) is 16.3 Å². The highest BCUT2D eigenvalue weighted by Gasteiger charge is 2.21. The molecule has 0 radical (unpaired) electrons. The van der Waals surface area contributed by atoms with Crippen LogP contribution < -0.4 is 0 Å². The number of thiophene rings is 1. The molecule has 0 amide bonds. The molecule has 0 bridgehead atoms. The summed E-state index contributed by atoms with van der Waals surface area (Å²) in [4.78, 5) is 5.72. The van der Waals surface area contributed by atoms with Crippen LogP contribution in [0.5, 0.6) is 0 Å². The molecule has 0 saturated heterocycles. The van der Waals surface area contributed by atoms with E-state index in [9.17, 15) is 0 Å². The molecule has 0 aliphatic heterocycles. The Labute approximate surface area is 174 Å². The zero-order valence-corrected chi connectivity index (χ0v) is 17.8. The average Bonchev–Trinajstić information content (AvgIpc) is 3.18. The SMILES string of the molecule is Cc1cc(C)c(COC(c2cccs2)c2cc3ccccc3nc2Cl)c(C)c1. The zero-order chi connectivity index (χ0) is 19.7. The van der Waals surface area contributed by atoms with E-state index in [2.05, 4.69) is 61.5 Å². The van der Waals surface area contributed by atoms with Crippen LogP contribution in [-0.4, -0.2) is 4.98 Å². The number of benzene rings is 2. The number of fused-ring (bicyclic) bond motifs is 1. The summed E-state index contributed by atoms with van der Waals surface area (Å²) in [5.74, 6) is 0. The monoisotopic (exact) mass is 407 g/mol. The predicted molar refractivity (Wildman–Crippen MR) is 118 cm³/mol. The molecule has 1 unspecified atom stereocenters. The van der Waals surface area contributed by atoms with Gasteiger partial charge in [-0.15, -0.1) is 11.3 Å². The van der Waals surface area contributed by atoms with E-state index in [1.54, 1.807) is 11.3 Å². The molecule has 4 aromatic rings. The number of aromatic nitrogens is 1. The summed E-state index contributed by atoms with van der Waals surface area (Å²) in [5, 5.41) is 3.63. The fraction of sp³-hybridized carbons (Fsp3) is 0.208. The quantitative estimate of drug-likeness (QED) is 0.327. The van der Waals surface area contributed by atoms with Crippen molar-refractivity contribution < 1.29 is 4.74 Å². The van der Waals surface area contributed by atoms with Crippen LogP contribution in [0.15, 0.2) is 60.0 Å². The molecule has 0 aliphatic rings. The maximum absolute atomic E-state index is 6.59. The molecular weight excluding hydrogens is 386 g/mol. The first kappa shape index (κ1) is 19.1. The molecule has 0 aliphatic carbocycles. The van der Waals surface area contributed by atoms with E-state index in [1.807, 2.05) is 24.3 Å². The molecule has 28 heavy (non-hydrogen) atoms. The summed E-state index contributed by atoms with van der Waals surface area (Å²) in [6.45, 7) is 6.94. The Kier molecular flexibility index (Phi) is 5.49. The van der Waals surface area contributed by atoms with Gasteiger partial charge in [0.2, 0.25) is 0 Å². The van der Waals surface area contributed by atoms with Crippen LogP contribution in [-0.2, 0) is 11.3 Å². The lowest BCUT2D eigenvalue weighted by atomic mass is 10.0. The van der Waals surface area contributed by atoms with E-state index in [1.165, 1.54) is 22.3 Å². The maximum Gasteiger partial charge on any atom is 0.135 e. The van der Waals surface area contributed by atoms with Gasteiger partial charge in [-0.25, -0.2) is 4.98 Å². The zero-order valence-electron chi connectivity index (χ0n) is 16.2. The average molecular weight is 408 g/mol. The van der Waals surface area contributed by atoms with Crippen molar-refractivity contribution in [2.75, 3.05) is 0 Å². The number of hydrogen-bond donors (Lipinski definition) is 0. The van der Waals surface area contributed by atoms with Crippen molar-refractivity contribution in [1.29, 1.82) is 0 Å². The molecule has 2 heterocycles. The van der Waals surface area contributed by atoms with Crippen LogP contribution in [0.1, 0.15) is 38.8 Å². The van der Waals surface area contributed by atoms with Gasteiger partial charge in [-0.2, -0.15) is 0 Å². The number of nitrogens with zero attached hydrogens (tertiary/aromatic N) is 1. The van der Waals surface area contributed by atoms with Crippen molar-refractivity contribution in [2.45, 2.75) is 33.5 Å². The van der Waals surface area contributed by atoms with Crippen LogP contribution >= 0.6 is 22.9 Å². The molecule has 1 atom stereocenters. The third-order valence-electron chi connectivity index (χ3n) is 5.02. The minimum absolute atomic E-state index is 0.246. The minimum atomic E-state index is -0.246. The largest absolute Gasteiger partial charge is 0.363 e. The molecule has 0 N–H and O–H groups in total. The van der Waals surface area contributed by atoms with Crippen LogP contribution in [0.4, 0.5) is 0 Å². The lowest BCUT2D eigenvalue weighted by Gasteiger charge is -2.20. The topological polar surface area (TPSA) is 22.1 Å². The van der Waals surface area contributed by atoms with Gasteiger partial charge in [-0.05, 0) is 61.0 Å². The van der Waals surface area contributed by atoms with Gasteiger partial charge >= 0.3 is 0 Å². The van der Waals surface area contributed by atoms with Crippen molar-refractivity contribution in [3.63, 3.8) is 0 Å². The Bertz CT molecular complexity index is 1100. The first-order valence-corrected chi connectivity index (χ1v) is 10.6. The summed E-state index contributed by atoms with van der Waals surface area (Å²) in [6.07, 6.45) is -0.246. The summed E-state index contributed by atoms with van der Waals surface area (Å²) >= 11 is 8.27. The molecule has 142 valence electrons. The first-order valence-electron chi connectivity index (χ1n) is 9.30. The highest BCUT2D eigenvalue weighted by Crippen LogP contribution is 2.36. The Balaban J connectivity index is 1.73. The standard InChI is InChI=1S/C24H22ClNOS/c1-15-11-16(2)20(17(3)12-15)14-27-23(22-9-6-10-28-22)19-13-18-7-4-5-8-21(18)26-24(19)25/h4-13,23H,14H2,1-3H3. The van der Waals surface area contributed by atoms with E-state index >= 15 is 0 Å². The normalized spacial score (nSPS) is 12.4. The Morgan fingerprint density at radius 3 is 2.46 bits per heavy atom. The van der Waals surface area contributed by atoms with Gasteiger partial charge in [0.15, 0.2) is 0 Å². The van der Waals surface area contributed by atoms with Crippen LogP contribution in [0, 0.1) is 20.8 Å². The highest BCUT2D eigenvalue weighted by atomic mass is 35.5. The van der Waals surface area contributed by atoms with Crippen molar-refractivity contribution in [1.82, 2.24) is 4.98 Å². The van der Waals surface area contributed by atoms with E-state index in [0.717, 1.165) is 21.3 Å². The van der Waals surface area contributed by atoms with E-state index in [0.29, 0.717) is 11.8 Å². The Morgan fingerprint density at radius 1 is 1.00 bits per heavy atom. The number of ether oxygens (including phenoxy) is 1. The number of rotatable bonds is 5. The van der Waals surface area contributed by atoms with Gasteiger partial charge in [0.1, 0.15) is 11.3 Å². The van der Waals surface area contributed by atoms with Crippen LogP contribution in [0.3, 0.4) is 0 Å². The molecule has 2 aromatic heterocycles. The van der Waals surface area contributed by atoms with Gasteiger partial charge in [0.25, 0.3) is 0 Å². The number of halogens is 1. The van der Waals surface area contributed by atoms with Gasteiger partial charge in [-0.1, -0.05) is 53.6 Å². The highest BCUT2D eigenvalue weighted by molar-refractivity contribution is 7.10. The molecular formula is C24H22ClNOS.